The fraction of sp³-hybridized carbons (Fsp3) is 0.556. The van der Waals surface area contributed by atoms with Crippen LogP contribution in [0.3, 0.4) is 0 Å². The van der Waals surface area contributed by atoms with Gasteiger partial charge in [-0.3, -0.25) is 9.69 Å². The third-order valence-electron chi connectivity index (χ3n) is 4.80. The van der Waals surface area contributed by atoms with Crippen LogP contribution in [0.15, 0.2) is 18.2 Å². The molecule has 166 valence electrons. The fourth-order valence-corrected chi connectivity index (χ4v) is 3.65. The summed E-state index contributed by atoms with van der Waals surface area (Å²) >= 11 is 0. The first kappa shape index (κ1) is 22.0. The van der Waals surface area contributed by atoms with Gasteiger partial charge in [0.25, 0.3) is 0 Å². The number of hydrogen-bond donors (Lipinski definition) is 0. The highest BCUT2D eigenvalue weighted by Gasteiger charge is 2.40. The number of ether oxygens (including phenoxy) is 2. The Labute approximate surface area is 167 Å². The molecule has 1 unspecified atom stereocenters. The van der Waals surface area contributed by atoms with Crippen LogP contribution in [0.2, 0.25) is 0 Å². The van der Waals surface area contributed by atoms with Gasteiger partial charge in [0.15, 0.2) is 6.61 Å². The van der Waals surface area contributed by atoms with Gasteiger partial charge in [-0.1, -0.05) is 0 Å². The molecule has 0 spiro atoms. The highest BCUT2D eigenvalue weighted by atomic mass is 19.4. The van der Waals surface area contributed by atoms with Gasteiger partial charge in [0, 0.05) is 18.8 Å². The van der Waals surface area contributed by atoms with E-state index in [2.05, 4.69) is 9.47 Å². The zero-order valence-electron chi connectivity index (χ0n) is 15.6. The van der Waals surface area contributed by atoms with E-state index in [1.807, 2.05) is 0 Å². The number of nitrogens with zero attached hydrogens (tertiary/aromatic N) is 2. The van der Waals surface area contributed by atoms with Crippen molar-refractivity contribution in [2.45, 2.75) is 44.3 Å². The van der Waals surface area contributed by atoms with E-state index in [1.54, 1.807) is 0 Å². The number of anilines is 1. The molecule has 30 heavy (non-hydrogen) atoms. The average molecular weight is 440 g/mol. The molecule has 0 radical (unpaired) electrons. The van der Waals surface area contributed by atoms with Crippen LogP contribution in [0.4, 0.5) is 36.8 Å². The van der Waals surface area contributed by atoms with Crippen LogP contribution in [-0.2, 0) is 16.0 Å². The molecule has 3 rings (SSSR count). The summed E-state index contributed by atoms with van der Waals surface area (Å²) in [5, 5.41) is 0. The van der Waals surface area contributed by atoms with E-state index in [1.165, 1.54) is 17.0 Å². The molecule has 6 nitrogen and oxygen atoms in total. The molecule has 0 N–H and O–H groups in total. The molecule has 0 aliphatic carbocycles. The maximum absolute atomic E-state index is 13.0. The number of carbonyl (C=O) groups excluding carboxylic acids is 2. The standard InChI is InChI=1S/C18H18F6N2O4/c19-17(20,21)10-29-16(28)26-8-2-4-14(26)15(27)25-7-1-3-11-9-12(5-6-13(11)25)30-18(22,23)24/h5-6,9,14H,1-4,7-8,10H2. The van der Waals surface area contributed by atoms with Crippen molar-refractivity contribution < 1.29 is 45.4 Å². The SMILES string of the molecule is O=C(C1CCCN1C(=O)OCC(F)(F)F)N1CCCc2cc(OC(F)(F)F)ccc21. The first-order valence-corrected chi connectivity index (χ1v) is 9.15. The van der Waals surface area contributed by atoms with E-state index in [0.29, 0.717) is 30.5 Å². The maximum Gasteiger partial charge on any atom is 0.573 e. The number of rotatable bonds is 3. The predicted molar refractivity (Wildman–Crippen MR) is 90.9 cm³/mol. The Kier molecular flexibility index (Phi) is 6.04. The molecule has 2 heterocycles. The smallest absolute Gasteiger partial charge is 0.440 e. The van der Waals surface area contributed by atoms with E-state index >= 15 is 0 Å². The van der Waals surface area contributed by atoms with Crippen molar-refractivity contribution in [2.75, 3.05) is 24.6 Å². The largest absolute Gasteiger partial charge is 0.573 e. The molecular weight excluding hydrogens is 422 g/mol. The van der Waals surface area contributed by atoms with Crippen molar-refractivity contribution in [3.63, 3.8) is 0 Å². The lowest BCUT2D eigenvalue weighted by molar-refractivity contribution is -0.274. The maximum atomic E-state index is 13.0. The molecule has 0 aromatic heterocycles. The molecule has 2 aliphatic heterocycles. The zero-order valence-corrected chi connectivity index (χ0v) is 15.6. The molecular formula is C18H18F6N2O4. The summed E-state index contributed by atoms with van der Waals surface area (Å²) in [4.78, 5) is 27.4. The number of halogens is 6. The Morgan fingerprint density at radius 2 is 1.80 bits per heavy atom. The van der Waals surface area contributed by atoms with Crippen molar-refractivity contribution in [2.24, 2.45) is 0 Å². The lowest BCUT2D eigenvalue weighted by Crippen LogP contribution is -2.49. The Bertz CT molecular complexity index is 811. The molecule has 0 bridgehead atoms. The summed E-state index contributed by atoms with van der Waals surface area (Å²) in [5.41, 5.74) is 0.858. The number of alkyl halides is 6. The zero-order chi connectivity index (χ0) is 22.1. The minimum absolute atomic E-state index is 0.0756. The van der Waals surface area contributed by atoms with Crippen molar-refractivity contribution in [1.82, 2.24) is 4.90 Å². The summed E-state index contributed by atoms with van der Waals surface area (Å²) in [6.07, 6.45) is -9.20. The summed E-state index contributed by atoms with van der Waals surface area (Å²) < 4.78 is 82.4. The average Bonchev–Trinajstić information content (AvgIpc) is 3.12. The van der Waals surface area contributed by atoms with Crippen LogP contribution in [-0.4, -0.2) is 55.2 Å². The molecule has 0 saturated carbocycles. The van der Waals surface area contributed by atoms with Crippen molar-refractivity contribution in [3.8, 4) is 5.75 Å². The summed E-state index contributed by atoms with van der Waals surface area (Å²) in [6.45, 7) is -1.41. The number of benzene rings is 1. The fourth-order valence-electron chi connectivity index (χ4n) is 3.65. The molecule has 12 heteroatoms. The molecule has 1 atom stereocenters. The van der Waals surface area contributed by atoms with Gasteiger partial charge in [-0.2, -0.15) is 13.2 Å². The summed E-state index contributed by atoms with van der Waals surface area (Å²) in [5.74, 6) is -0.921. The second kappa shape index (κ2) is 8.23. The lowest BCUT2D eigenvalue weighted by Gasteiger charge is -2.34. The summed E-state index contributed by atoms with van der Waals surface area (Å²) in [6, 6.07) is 2.62. The lowest BCUT2D eigenvalue weighted by atomic mass is 10.00. The van der Waals surface area contributed by atoms with Gasteiger partial charge >= 0.3 is 18.6 Å². The van der Waals surface area contributed by atoms with Gasteiger partial charge in [-0.25, -0.2) is 4.79 Å². The number of hydrogen-bond acceptors (Lipinski definition) is 4. The number of carbonyl (C=O) groups is 2. The molecule has 1 saturated heterocycles. The van der Waals surface area contributed by atoms with Crippen LogP contribution in [0.25, 0.3) is 0 Å². The number of amides is 2. The van der Waals surface area contributed by atoms with Crippen LogP contribution >= 0.6 is 0 Å². The minimum atomic E-state index is -4.85. The third kappa shape index (κ3) is 5.28. The van der Waals surface area contributed by atoms with Crippen molar-refractivity contribution in [1.29, 1.82) is 0 Å². The van der Waals surface area contributed by atoms with Gasteiger partial charge < -0.3 is 14.4 Å². The molecule has 1 aromatic carbocycles. The first-order valence-electron chi connectivity index (χ1n) is 9.15. The van der Waals surface area contributed by atoms with Crippen LogP contribution in [0.5, 0.6) is 5.75 Å². The predicted octanol–water partition coefficient (Wildman–Crippen LogP) is 4.03. The molecule has 1 fully saturated rings. The minimum Gasteiger partial charge on any atom is -0.440 e. The number of fused-ring (bicyclic) bond motifs is 1. The van der Waals surface area contributed by atoms with Crippen LogP contribution in [0.1, 0.15) is 24.8 Å². The van der Waals surface area contributed by atoms with E-state index in [9.17, 15) is 35.9 Å². The van der Waals surface area contributed by atoms with Gasteiger partial charge in [0.2, 0.25) is 5.91 Å². The van der Waals surface area contributed by atoms with E-state index in [4.69, 9.17) is 0 Å². The monoisotopic (exact) mass is 440 g/mol. The molecule has 1 aromatic rings. The molecule has 2 aliphatic rings. The second-order valence-electron chi connectivity index (χ2n) is 6.95. The van der Waals surface area contributed by atoms with E-state index in [0.717, 1.165) is 11.0 Å². The van der Waals surface area contributed by atoms with Gasteiger partial charge in [0.1, 0.15) is 11.8 Å². The van der Waals surface area contributed by atoms with Crippen LogP contribution in [0, 0.1) is 0 Å². The normalized spacial score (nSPS) is 19.5. The van der Waals surface area contributed by atoms with Gasteiger partial charge in [-0.15, -0.1) is 13.2 Å². The Balaban J connectivity index is 1.75. The van der Waals surface area contributed by atoms with Gasteiger partial charge in [-0.05, 0) is 49.4 Å². The highest BCUT2D eigenvalue weighted by molar-refractivity contribution is 6.00. The molecule has 2 amide bonds. The van der Waals surface area contributed by atoms with E-state index < -0.39 is 42.9 Å². The Morgan fingerprint density at radius 3 is 2.47 bits per heavy atom. The van der Waals surface area contributed by atoms with Crippen molar-refractivity contribution >= 4 is 17.7 Å². The summed E-state index contributed by atoms with van der Waals surface area (Å²) in [7, 11) is 0. The van der Waals surface area contributed by atoms with Crippen molar-refractivity contribution in [3.05, 3.63) is 23.8 Å². The second-order valence-corrected chi connectivity index (χ2v) is 6.95. The Hall–Kier alpha value is -2.66. The van der Waals surface area contributed by atoms with Crippen LogP contribution < -0.4 is 9.64 Å². The number of likely N-dealkylation sites (tertiary alicyclic amines) is 1. The highest BCUT2D eigenvalue weighted by Crippen LogP contribution is 2.34. The topological polar surface area (TPSA) is 59.1 Å². The van der Waals surface area contributed by atoms with Gasteiger partial charge in [0.05, 0.1) is 0 Å². The quantitative estimate of drug-likeness (QED) is 0.667. The van der Waals surface area contributed by atoms with E-state index in [-0.39, 0.29) is 19.5 Å². The third-order valence-corrected chi connectivity index (χ3v) is 4.80. The number of aryl methyl sites for hydroxylation is 1. The first-order chi connectivity index (χ1) is 13.9. The Morgan fingerprint density at radius 1 is 1.07 bits per heavy atom.